The standard InChI is InChI=1S/C27H34O3/c1-19(2)27(29)30-16-14-24-18-25(10-9-22(24)13-15-28)26-12-11-23(17-20(26)3)21-7-5-4-6-8-21/h9-12,17-18,21,28H,1,4-8,13-16H2,2-3H3. The first kappa shape index (κ1) is 22.3. The molecule has 160 valence electrons. The smallest absolute Gasteiger partial charge is 0.333 e. The van der Waals surface area contributed by atoms with Gasteiger partial charge in [0.15, 0.2) is 0 Å². The summed E-state index contributed by atoms with van der Waals surface area (Å²) in [5.41, 5.74) is 7.81. The monoisotopic (exact) mass is 406 g/mol. The molecule has 1 aliphatic rings. The number of hydrogen-bond donors (Lipinski definition) is 1. The molecule has 0 amide bonds. The molecule has 0 radical (unpaired) electrons. The summed E-state index contributed by atoms with van der Waals surface area (Å²) in [5, 5.41) is 9.42. The highest BCUT2D eigenvalue weighted by atomic mass is 16.5. The van der Waals surface area contributed by atoms with Gasteiger partial charge in [0.25, 0.3) is 0 Å². The lowest BCUT2D eigenvalue weighted by Gasteiger charge is -2.23. The number of carbonyl (C=O) groups is 1. The van der Waals surface area contributed by atoms with Crippen molar-refractivity contribution in [1.82, 2.24) is 0 Å². The minimum absolute atomic E-state index is 0.104. The Bertz CT molecular complexity index is 891. The summed E-state index contributed by atoms with van der Waals surface area (Å²) in [5.74, 6) is 0.348. The number of esters is 1. The highest BCUT2D eigenvalue weighted by molar-refractivity contribution is 5.86. The van der Waals surface area contributed by atoms with Crippen molar-refractivity contribution in [3.63, 3.8) is 0 Å². The maximum Gasteiger partial charge on any atom is 0.333 e. The third kappa shape index (κ3) is 5.60. The van der Waals surface area contributed by atoms with Gasteiger partial charge in [-0.15, -0.1) is 0 Å². The molecule has 1 aliphatic carbocycles. The number of benzene rings is 2. The minimum Gasteiger partial charge on any atom is -0.462 e. The predicted molar refractivity (Wildman–Crippen MR) is 123 cm³/mol. The van der Waals surface area contributed by atoms with Crippen LogP contribution in [0.3, 0.4) is 0 Å². The van der Waals surface area contributed by atoms with Crippen LogP contribution in [0.4, 0.5) is 0 Å². The third-order valence-electron chi connectivity index (χ3n) is 6.18. The van der Waals surface area contributed by atoms with Crippen molar-refractivity contribution >= 4 is 5.97 Å². The number of aliphatic hydroxyl groups is 1. The van der Waals surface area contributed by atoms with Crippen molar-refractivity contribution < 1.29 is 14.6 Å². The summed E-state index contributed by atoms with van der Waals surface area (Å²) >= 11 is 0. The van der Waals surface area contributed by atoms with Crippen LogP contribution in [0.25, 0.3) is 11.1 Å². The second kappa shape index (κ2) is 10.6. The van der Waals surface area contributed by atoms with Crippen molar-refractivity contribution in [3.8, 4) is 11.1 Å². The van der Waals surface area contributed by atoms with E-state index in [2.05, 4.69) is 49.9 Å². The molecule has 3 nitrogen and oxygen atoms in total. The normalized spacial score (nSPS) is 14.5. The summed E-state index contributed by atoms with van der Waals surface area (Å²) in [6.07, 6.45) is 7.90. The molecule has 1 N–H and O–H groups in total. The first-order valence-corrected chi connectivity index (χ1v) is 11.2. The van der Waals surface area contributed by atoms with Crippen LogP contribution in [0, 0.1) is 6.92 Å². The molecule has 0 atom stereocenters. The van der Waals surface area contributed by atoms with Crippen molar-refractivity contribution in [2.45, 2.75) is 64.7 Å². The molecule has 2 aromatic carbocycles. The van der Waals surface area contributed by atoms with Gasteiger partial charge in [-0.25, -0.2) is 4.79 Å². The van der Waals surface area contributed by atoms with Crippen molar-refractivity contribution in [2.75, 3.05) is 13.2 Å². The molecule has 1 fully saturated rings. The van der Waals surface area contributed by atoms with E-state index < -0.39 is 0 Å². The maximum atomic E-state index is 11.7. The van der Waals surface area contributed by atoms with Crippen LogP contribution in [0.1, 0.15) is 67.2 Å². The summed E-state index contributed by atoms with van der Waals surface area (Å²) in [4.78, 5) is 11.7. The molecule has 2 aromatic rings. The fourth-order valence-electron chi connectivity index (χ4n) is 4.47. The fourth-order valence-corrected chi connectivity index (χ4v) is 4.47. The third-order valence-corrected chi connectivity index (χ3v) is 6.18. The summed E-state index contributed by atoms with van der Waals surface area (Å²) in [6.45, 7) is 7.89. The Labute approximate surface area is 180 Å². The zero-order valence-corrected chi connectivity index (χ0v) is 18.4. The van der Waals surface area contributed by atoms with Gasteiger partial charge in [0.2, 0.25) is 0 Å². The summed E-state index contributed by atoms with van der Waals surface area (Å²) < 4.78 is 5.29. The number of ether oxygens (including phenoxy) is 1. The second-order valence-electron chi connectivity index (χ2n) is 8.53. The van der Waals surface area contributed by atoms with Gasteiger partial charge in [-0.2, -0.15) is 0 Å². The molecule has 1 saturated carbocycles. The van der Waals surface area contributed by atoms with Crippen LogP contribution >= 0.6 is 0 Å². The predicted octanol–water partition coefficient (Wildman–Crippen LogP) is 5.91. The average Bonchev–Trinajstić information content (AvgIpc) is 2.75. The molecule has 30 heavy (non-hydrogen) atoms. The molecule has 0 unspecified atom stereocenters. The number of rotatable bonds is 8. The van der Waals surface area contributed by atoms with E-state index in [4.69, 9.17) is 4.74 Å². The van der Waals surface area contributed by atoms with E-state index in [1.54, 1.807) is 6.92 Å². The molecule has 0 spiro atoms. The van der Waals surface area contributed by atoms with Crippen molar-refractivity contribution in [2.24, 2.45) is 0 Å². The summed E-state index contributed by atoms with van der Waals surface area (Å²) in [6, 6.07) is 13.3. The number of hydrogen-bond acceptors (Lipinski definition) is 3. The van der Waals surface area contributed by atoms with E-state index in [0.29, 0.717) is 30.9 Å². The van der Waals surface area contributed by atoms with Crippen LogP contribution in [0.5, 0.6) is 0 Å². The maximum absolute atomic E-state index is 11.7. The van der Waals surface area contributed by atoms with Gasteiger partial charge < -0.3 is 9.84 Å². The zero-order chi connectivity index (χ0) is 21.5. The lowest BCUT2D eigenvalue weighted by atomic mass is 9.82. The number of aryl methyl sites for hydroxylation is 1. The van der Waals surface area contributed by atoms with E-state index in [1.165, 1.54) is 54.4 Å². The SMILES string of the molecule is C=C(C)C(=O)OCCc1cc(-c2ccc(C3CCCCC3)cc2C)ccc1CCO. The Morgan fingerprint density at radius 2 is 1.83 bits per heavy atom. The highest BCUT2D eigenvalue weighted by Gasteiger charge is 2.16. The Kier molecular flexibility index (Phi) is 7.87. The van der Waals surface area contributed by atoms with E-state index in [1.807, 2.05) is 0 Å². The molecule has 0 heterocycles. The Balaban J connectivity index is 1.81. The van der Waals surface area contributed by atoms with Gasteiger partial charge in [0.1, 0.15) is 0 Å². The molecular formula is C27H34O3. The first-order chi connectivity index (χ1) is 14.5. The largest absolute Gasteiger partial charge is 0.462 e. The molecule has 0 bridgehead atoms. The Morgan fingerprint density at radius 1 is 1.07 bits per heavy atom. The van der Waals surface area contributed by atoms with Gasteiger partial charge in [-0.05, 0) is 72.4 Å². The van der Waals surface area contributed by atoms with Crippen LogP contribution < -0.4 is 0 Å². The van der Waals surface area contributed by atoms with Crippen LogP contribution in [0.15, 0.2) is 48.6 Å². The second-order valence-corrected chi connectivity index (χ2v) is 8.53. The van der Waals surface area contributed by atoms with Gasteiger partial charge >= 0.3 is 5.97 Å². The van der Waals surface area contributed by atoms with Gasteiger partial charge in [-0.1, -0.05) is 62.2 Å². The Morgan fingerprint density at radius 3 is 2.50 bits per heavy atom. The first-order valence-electron chi connectivity index (χ1n) is 11.2. The summed E-state index contributed by atoms with van der Waals surface area (Å²) in [7, 11) is 0. The lowest BCUT2D eigenvalue weighted by molar-refractivity contribution is -0.138. The molecule has 0 saturated heterocycles. The van der Waals surface area contributed by atoms with Crippen molar-refractivity contribution in [1.29, 1.82) is 0 Å². The van der Waals surface area contributed by atoms with Crippen LogP contribution in [-0.2, 0) is 22.4 Å². The van der Waals surface area contributed by atoms with E-state index in [9.17, 15) is 9.90 Å². The van der Waals surface area contributed by atoms with Gasteiger partial charge in [0, 0.05) is 18.6 Å². The highest BCUT2D eigenvalue weighted by Crippen LogP contribution is 2.35. The molecule has 3 heteroatoms. The van der Waals surface area contributed by atoms with Crippen LogP contribution in [-0.4, -0.2) is 24.3 Å². The zero-order valence-electron chi connectivity index (χ0n) is 18.4. The van der Waals surface area contributed by atoms with Crippen LogP contribution in [0.2, 0.25) is 0 Å². The molecule has 0 aliphatic heterocycles. The fraction of sp³-hybridized carbons (Fsp3) is 0.444. The molecule has 0 aromatic heterocycles. The van der Waals surface area contributed by atoms with E-state index >= 15 is 0 Å². The average molecular weight is 407 g/mol. The number of carbonyl (C=O) groups excluding carboxylic acids is 1. The van der Waals surface area contributed by atoms with E-state index in [-0.39, 0.29) is 12.6 Å². The molecule has 3 rings (SSSR count). The van der Waals surface area contributed by atoms with Gasteiger partial charge in [0.05, 0.1) is 6.61 Å². The van der Waals surface area contributed by atoms with Crippen molar-refractivity contribution in [3.05, 3.63) is 70.8 Å². The van der Waals surface area contributed by atoms with Gasteiger partial charge in [-0.3, -0.25) is 0 Å². The Hall–Kier alpha value is -2.39. The molecular weight excluding hydrogens is 372 g/mol. The van der Waals surface area contributed by atoms with E-state index in [0.717, 1.165) is 11.1 Å². The lowest BCUT2D eigenvalue weighted by Crippen LogP contribution is -2.09. The minimum atomic E-state index is -0.357. The number of aliphatic hydroxyl groups excluding tert-OH is 1. The quantitative estimate of drug-likeness (QED) is 0.438. The topological polar surface area (TPSA) is 46.5 Å².